The molecule has 5 nitrogen and oxygen atoms in total. The summed E-state index contributed by atoms with van der Waals surface area (Å²) >= 11 is 0. The lowest BCUT2D eigenvalue weighted by Gasteiger charge is -2.24. The molecule has 0 bridgehead atoms. The normalized spacial score (nSPS) is 24.6. The molecule has 1 saturated heterocycles. The molecule has 1 fully saturated rings. The van der Waals surface area contributed by atoms with Gasteiger partial charge in [0.2, 0.25) is 10.0 Å². The Morgan fingerprint density at radius 3 is 2.68 bits per heavy atom. The highest BCUT2D eigenvalue weighted by molar-refractivity contribution is 7.89. The fourth-order valence-electron chi connectivity index (χ4n) is 3.22. The molecule has 1 heterocycles. The molecule has 0 amide bonds. The first-order valence-electron chi connectivity index (χ1n) is 7.40. The molecule has 1 aliphatic rings. The Balaban J connectivity index is 2.14. The van der Waals surface area contributed by atoms with E-state index in [2.05, 4.69) is 18.7 Å². The number of nitrogens with zero attached hydrogens (tertiary/aromatic N) is 1. The van der Waals surface area contributed by atoms with E-state index in [1.54, 1.807) is 0 Å². The van der Waals surface area contributed by atoms with E-state index >= 15 is 0 Å². The zero-order chi connectivity index (χ0) is 16.5. The molecular formula is C15H23FN2O3S. The molecule has 1 aromatic rings. The fourth-order valence-corrected chi connectivity index (χ4v) is 4.01. The van der Waals surface area contributed by atoms with Crippen molar-refractivity contribution in [3.63, 3.8) is 0 Å². The molecule has 3 atom stereocenters. The Labute approximate surface area is 131 Å². The smallest absolute Gasteiger partial charge is 0.238 e. The van der Waals surface area contributed by atoms with E-state index in [1.165, 1.54) is 18.2 Å². The van der Waals surface area contributed by atoms with E-state index in [1.807, 2.05) is 0 Å². The molecular weight excluding hydrogens is 307 g/mol. The molecule has 0 saturated carbocycles. The molecule has 7 heteroatoms. The van der Waals surface area contributed by atoms with Crippen LogP contribution < -0.4 is 5.14 Å². The third-order valence-electron chi connectivity index (χ3n) is 4.18. The minimum atomic E-state index is -4.01. The number of hydrogen-bond acceptors (Lipinski definition) is 4. The lowest BCUT2D eigenvalue weighted by atomic mass is 10.1. The monoisotopic (exact) mass is 330 g/mol. The van der Waals surface area contributed by atoms with Gasteiger partial charge in [-0.1, -0.05) is 13.0 Å². The maximum absolute atomic E-state index is 13.9. The van der Waals surface area contributed by atoms with Crippen molar-refractivity contribution in [2.75, 3.05) is 13.1 Å². The summed E-state index contributed by atoms with van der Waals surface area (Å²) in [6.07, 6.45) is 0.149. The van der Waals surface area contributed by atoms with Crippen molar-refractivity contribution >= 4 is 10.0 Å². The fraction of sp³-hybridized carbons (Fsp3) is 0.600. The number of likely N-dealkylation sites (tertiary alicyclic amines) is 1. The molecule has 124 valence electrons. The number of halogens is 1. The Morgan fingerprint density at radius 2 is 2.14 bits per heavy atom. The molecule has 0 spiro atoms. The maximum atomic E-state index is 13.9. The van der Waals surface area contributed by atoms with Gasteiger partial charge in [0.05, 0.1) is 11.0 Å². The lowest BCUT2D eigenvalue weighted by Crippen LogP contribution is -2.36. The van der Waals surface area contributed by atoms with Crippen molar-refractivity contribution in [3.05, 3.63) is 29.6 Å². The number of nitrogens with two attached hydrogens (primary N) is 1. The number of benzene rings is 1. The van der Waals surface area contributed by atoms with Gasteiger partial charge < -0.3 is 5.11 Å². The molecule has 2 unspecified atom stereocenters. The lowest BCUT2D eigenvalue weighted by molar-refractivity contribution is 0.107. The summed E-state index contributed by atoms with van der Waals surface area (Å²) in [5, 5.41) is 15.4. The van der Waals surface area contributed by atoms with Crippen molar-refractivity contribution in [1.82, 2.24) is 4.90 Å². The highest BCUT2D eigenvalue weighted by atomic mass is 32.2. The SMILES string of the molecule is CC1CC(C)N(C[C@H](O)Cc2c(F)cccc2S(N)(=O)=O)C1. The molecule has 0 aromatic heterocycles. The molecule has 0 radical (unpaired) electrons. The third kappa shape index (κ3) is 4.04. The Hall–Kier alpha value is -1.02. The number of aliphatic hydroxyl groups excluding tert-OH is 1. The van der Waals surface area contributed by atoms with Gasteiger partial charge in [-0.2, -0.15) is 0 Å². The number of β-amino-alcohol motifs (C(OH)–C–C–N with tert-alkyl or cyclic N) is 1. The topological polar surface area (TPSA) is 83.6 Å². The van der Waals surface area contributed by atoms with Gasteiger partial charge >= 0.3 is 0 Å². The molecule has 1 aromatic carbocycles. The number of sulfonamides is 1. The van der Waals surface area contributed by atoms with Gasteiger partial charge in [0, 0.05) is 31.1 Å². The largest absolute Gasteiger partial charge is 0.391 e. The van der Waals surface area contributed by atoms with Crippen molar-refractivity contribution in [1.29, 1.82) is 0 Å². The molecule has 22 heavy (non-hydrogen) atoms. The number of primary sulfonamides is 1. The van der Waals surface area contributed by atoms with Crippen LogP contribution in [0.3, 0.4) is 0 Å². The zero-order valence-electron chi connectivity index (χ0n) is 12.9. The van der Waals surface area contributed by atoms with Crippen molar-refractivity contribution in [2.45, 2.75) is 43.7 Å². The average Bonchev–Trinajstić information content (AvgIpc) is 2.69. The third-order valence-corrected chi connectivity index (χ3v) is 5.18. The van der Waals surface area contributed by atoms with Gasteiger partial charge in [0.1, 0.15) is 5.82 Å². The average molecular weight is 330 g/mol. The van der Waals surface area contributed by atoms with E-state index in [4.69, 9.17) is 5.14 Å². The first-order valence-corrected chi connectivity index (χ1v) is 8.95. The number of rotatable bonds is 5. The minimum Gasteiger partial charge on any atom is -0.391 e. The van der Waals surface area contributed by atoms with Crippen LogP contribution in [0.1, 0.15) is 25.8 Å². The summed E-state index contributed by atoms with van der Waals surface area (Å²) in [4.78, 5) is 1.89. The Morgan fingerprint density at radius 1 is 1.45 bits per heavy atom. The minimum absolute atomic E-state index is 0.0441. The van der Waals surface area contributed by atoms with E-state index in [0.717, 1.165) is 13.0 Å². The predicted molar refractivity (Wildman–Crippen MR) is 82.3 cm³/mol. The summed E-state index contributed by atoms with van der Waals surface area (Å²) in [5.74, 6) is -0.0935. The van der Waals surface area contributed by atoms with Crippen LogP contribution in [0.5, 0.6) is 0 Å². The first kappa shape index (κ1) is 17.3. The van der Waals surface area contributed by atoms with Crippen LogP contribution in [0.4, 0.5) is 4.39 Å². The second-order valence-corrected chi connectivity index (χ2v) is 7.79. The van der Waals surface area contributed by atoms with Gasteiger partial charge in [0.15, 0.2) is 0 Å². The van der Waals surface area contributed by atoms with Crippen LogP contribution in [-0.4, -0.2) is 43.7 Å². The molecule has 0 aliphatic carbocycles. The van der Waals surface area contributed by atoms with Crippen LogP contribution in [0.25, 0.3) is 0 Å². The number of hydrogen-bond donors (Lipinski definition) is 2. The second kappa shape index (κ2) is 6.62. The predicted octanol–water partition coefficient (Wildman–Crippen LogP) is 1.11. The van der Waals surface area contributed by atoms with Crippen LogP contribution >= 0.6 is 0 Å². The van der Waals surface area contributed by atoms with E-state index < -0.39 is 21.9 Å². The van der Waals surface area contributed by atoms with Gasteiger partial charge in [-0.15, -0.1) is 0 Å². The van der Waals surface area contributed by atoms with Gasteiger partial charge in [-0.25, -0.2) is 17.9 Å². The van der Waals surface area contributed by atoms with Crippen LogP contribution in [-0.2, 0) is 16.4 Å². The first-order chi connectivity index (χ1) is 10.2. The van der Waals surface area contributed by atoms with Crippen molar-refractivity contribution in [2.24, 2.45) is 11.1 Å². The molecule has 3 N–H and O–H groups in total. The summed E-state index contributed by atoms with van der Waals surface area (Å²) in [6.45, 7) is 5.52. The molecule has 2 rings (SSSR count). The van der Waals surface area contributed by atoms with Crippen molar-refractivity contribution in [3.8, 4) is 0 Å². The van der Waals surface area contributed by atoms with Gasteiger partial charge in [-0.3, -0.25) is 4.90 Å². The van der Waals surface area contributed by atoms with Gasteiger partial charge in [0.25, 0.3) is 0 Å². The van der Waals surface area contributed by atoms with Crippen LogP contribution in [0, 0.1) is 11.7 Å². The molecule has 1 aliphatic heterocycles. The Bertz CT molecular complexity index is 636. The number of aliphatic hydroxyl groups is 1. The quantitative estimate of drug-likeness (QED) is 0.847. The second-order valence-electron chi connectivity index (χ2n) is 6.26. The highest BCUT2D eigenvalue weighted by Gasteiger charge is 2.28. The van der Waals surface area contributed by atoms with E-state index in [0.29, 0.717) is 18.5 Å². The van der Waals surface area contributed by atoms with E-state index in [-0.39, 0.29) is 16.9 Å². The summed E-state index contributed by atoms with van der Waals surface area (Å²) in [5.41, 5.74) is -0.0441. The maximum Gasteiger partial charge on any atom is 0.238 e. The van der Waals surface area contributed by atoms with Crippen molar-refractivity contribution < 1.29 is 17.9 Å². The summed E-state index contributed by atoms with van der Waals surface area (Å²) in [6, 6.07) is 4.11. The zero-order valence-corrected chi connectivity index (χ0v) is 13.7. The Kier molecular flexibility index (Phi) is 5.21. The van der Waals surface area contributed by atoms with Crippen LogP contribution in [0.15, 0.2) is 23.1 Å². The van der Waals surface area contributed by atoms with Crippen LogP contribution in [0.2, 0.25) is 0 Å². The summed E-state index contributed by atoms with van der Waals surface area (Å²) < 4.78 is 37.0. The highest BCUT2D eigenvalue weighted by Crippen LogP contribution is 2.24. The standard InChI is InChI=1S/C15H23FN2O3S/c1-10-6-11(2)18(8-10)9-12(19)7-13-14(16)4-3-5-15(13)22(17,20)21/h3-5,10-12,19H,6-9H2,1-2H3,(H2,17,20,21)/t10?,11?,12-/m1/s1. The van der Waals surface area contributed by atoms with Gasteiger partial charge in [-0.05, 0) is 31.4 Å². The van der Waals surface area contributed by atoms with E-state index in [9.17, 15) is 17.9 Å². The summed E-state index contributed by atoms with van der Waals surface area (Å²) in [7, 11) is -4.01.